The van der Waals surface area contributed by atoms with Crippen molar-refractivity contribution in [1.82, 2.24) is 24.4 Å². The Balaban J connectivity index is 1.84. The average Bonchev–Trinajstić information content (AvgIpc) is 3.08. The summed E-state index contributed by atoms with van der Waals surface area (Å²) in [5.41, 5.74) is 1.42. The Morgan fingerprint density at radius 3 is 2.92 bits per heavy atom. The number of nitrogens with one attached hydrogen (secondary N) is 1. The van der Waals surface area contributed by atoms with Gasteiger partial charge in [0, 0.05) is 31.7 Å². The molecule has 24 heavy (non-hydrogen) atoms. The Morgan fingerprint density at radius 2 is 2.25 bits per heavy atom. The van der Waals surface area contributed by atoms with Gasteiger partial charge in [-0.1, -0.05) is 0 Å². The summed E-state index contributed by atoms with van der Waals surface area (Å²) in [5.74, 6) is -0.158. The minimum absolute atomic E-state index is 0.104. The normalized spacial score (nSPS) is 18.2. The third-order valence-corrected chi connectivity index (χ3v) is 4.62. The van der Waals surface area contributed by atoms with Gasteiger partial charge in [0.2, 0.25) is 15.8 Å². The number of aryl methyl sites for hydroxylation is 1. The summed E-state index contributed by atoms with van der Waals surface area (Å²) >= 11 is 0. The van der Waals surface area contributed by atoms with Crippen LogP contribution in [0.5, 0.6) is 0 Å². The van der Waals surface area contributed by atoms with E-state index < -0.39 is 10.0 Å². The number of amides is 1. The smallest absolute Gasteiger partial charge is 0.291 e. The first-order valence-electron chi connectivity index (χ1n) is 7.48. The van der Waals surface area contributed by atoms with Gasteiger partial charge in [0.25, 0.3) is 5.91 Å². The standard InChI is InChI=1S/C14H19N5O4S/c1-10-13(23-9-15-10)14(20)18-6-11(5-17-24(2,21)22)7-19-12(8-18)3-4-16-19/h3-4,9,11,17H,5-8H2,1-2H3. The molecule has 1 amide bonds. The van der Waals surface area contributed by atoms with Crippen molar-refractivity contribution in [3.05, 3.63) is 35.8 Å². The van der Waals surface area contributed by atoms with Gasteiger partial charge in [-0.05, 0) is 13.0 Å². The highest BCUT2D eigenvalue weighted by Gasteiger charge is 2.29. The summed E-state index contributed by atoms with van der Waals surface area (Å²) in [6.07, 6.45) is 4.03. The predicted octanol–water partition coefficient (Wildman–Crippen LogP) is 0.000920. The van der Waals surface area contributed by atoms with Crippen molar-refractivity contribution in [2.45, 2.75) is 20.0 Å². The molecule has 10 heteroatoms. The lowest BCUT2D eigenvalue weighted by atomic mass is 10.1. The highest BCUT2D eigenvalue weighted by molar-refractivity contribution is 7.88. The van der Waals surface area contributed by atoms with E-state index in [4.69, 9.17) is 4.42 Å². The monoisotopic (exact) mass is 353 g/mol. The summed E-state index contributed by atoms with van der Waals surface area (Å²) < 4.78 is 32.2. The van der Waals surface area contributed by atoms with Gasteiger partial charge in [-0.15, -0.1) is 0 Å². The molecule has 0 fully saturated rings. The van der Waals surface area contributed by atoms with Crippen LogP contribution < -0.4 is 4.72 Å². The molecule has 2 aromatic rings. The van der Waals surface area contributed by atoms with Crippen LogP contribution in [0.25, 0.3) is 0 Å². The fourth-order valence-corrected chi connectivity index (χ4v) is 3.28. The van der Waals surface area contributed by atoms with E-state index in [2.05, 4.69) is 14.8 Å². The Morgan fingerprint density at radius 1 is 1.46 bits per heavy atom. The highest BCUT2D eigenvalue weighted by Crippen LogP contribution is 2.19. The molecule has 1 N–H and O–H groups in total. The first-order valence-corrected chi connectivity index (χ1v) is 9.37. The van der Waals surface area contributed by atoms with Crippen LogP contribution in [0.15, 0.2) is 23.1 Å². The van der Waals surface area contributed by atoms with E-state index in [1.54, 1.807) is 22.7 Å². The lowest BCUT2D eigenvalue weighted by Gasteiger charge is -2.23. The van der Waals surface area contributed by atoms with E-state index in [9.17, 15) is 13.2 Å². The van der Waals surface area contributed by atoms with Gasteiger partial charge < -0.3 is 9.32 Å². The van der Waals surface area contributed by atoms with Crippen molar-refractivity contribution in [2.75, 3.05) is 19.3 Å². The summed E-state index contributed by atoms with van der Waals surface area (Å²) in [6, 6.07) is 1.85. The van der Waals surface area contributed by atoms with Crippen LogP contribution in [0.2, 0.25) is 0 Å². The number of hydrogen-bond donors (Lipinski definition) is 1. The van der Waals surface area contributed by atoms with Gasteiger partial charge in [-0.25, -0.2) is 18.1 Å². The summed E-state index contributed by atoms with van der Waals surface area (Å²) in [4.78, 5) is 18.3. The van der Waals surface area contributed by atoms with E-state index in [0.29, 0.717) is 25.3 Å². The van der Waals surface area contributed by atoms with Crippen LogP contribution in [0.3, 0.4) is 0 Å². The fourth-order valence-electron chi connectivity index (χ4n) is 2.74. The average molecular weight is 353 g/mol. The van der Waals surface area contributed by atoms with Gasteiger partial charge >= 0.3 is 0 Å². The topological polar surface area (TPSA) is 110 Å². The number of carbonyl (C=O) groups excluding carboxylic acids is 1. The van der Waals surface area contributed by atoms with Crippen LogP contribution in [-0.4, -0.2) is 53.3 Å². The Bertz CT molecular complexity index is 841. The maximum atomic E-state index is 12.7. The molecule has 0 saturated heterocycles. The Kier molecular flexibility index (Phi) is 4.41. The summed E-state index contributed by atoms with van der Waals surface area (Å²) in [5, 5.41) is 4.25. The molecule has 3 rings (SSSR count). The first kappa shape index (κ1) is 16.7. The van der Waals surface area contributed by atoms with Gasteiger partial charge in [-0.2, -0.15) is 5.10 Å². The second kappa shape index (κ2) is 6.36. The first-order chi connectivity index (χ1) is 11.3. The minimum atomic E-state index is -3.30. The van der Waals surface area contributed by atoms with Gasteiger partial charge in [0.15, 0.2) is 6.39 Å². The molecule has 1 atom stereocenters. The fraction of sp³-hybridized carbons (Fsp3) is 0.500. The molecule has 1 aliphatic heterocycles. The SMILES string of the molecule is Cc1ncoc1C(=O)N1Cc2ccnn2CC(CNS(C)(=O)=O)C1. The number of fused-ring (bicyclic) bond motifs is 1. The third kappa shape index (κ3) is 3.65. The molecule has 0 bridgehead atoms. The van der Waals surface area contributed by atoms with Crippen molar-refractivity contribution in [2.24, 2.45) is 5.92 Å². The zero-order chi connectivity index (χ0) is 17.3. The van der Waals surface area contributed by atoms with Crippen molar-refractivity contribution in [3.8, 4) is 0 Å². The van der Waals surface area contributed by atoms with E-state index in [0.717, 1.165) is 11.9 Å². The maximum Gasteiger partial charge on any atom is 0.291 e. The van der Waals surface area contributed by atoms with Gasteiger partial charge in [-0.3, -0.25) is 9.48 Å². The number of oxazole rings is 1. The highest BCUT2D eigenvalue weighted by atomic mass is 32.2. The largest absolute Gasteiger partial charge is 0.438 e. The molecule has 9 nitrogen and oxygen atoms in total. The molecule has 1 aliphatic rings. The number of hydrogen-bond acceptors (Lipinski definition) is 6. The van der Waals surface area contributed by atoms with Crippen molar-refractivity contribution >= 4 is 15.9 Å². The number of sulfonamides is 1. The molecule has 0 radical (unpaired) electrons. The maximum absolute atomic E-state index is 12.7. The van der Waals surface area contributed by atoms with Crippen LogP contribution >= 0.6 is 0 Å². The quantitative estimate of drug-likeness (QED) is 0.828. The molecular formula is C14H19N5O4S. The lowest BCUT2D eigenvalue weighted by Crippen LogP contribution is -2.38. The molecule has 0 aromatic carbocycles. The molecule has 130 valence electrons. The third-order valence-electron chi connectivity index (χ3n) is 3.93. The van der Waals surface area contributed by atoms with Gasteiger partial charge in [0.05, 0.1) is 24.2 Å². The van der Waals surface area contributed by atoms with Crippen molar-refractivity contribution < 1.29 is 17.6 Å². The number of carbonyl (C=O) groups is 1. The molecule has 2 aromatic heterocycles. The van der Waals surface area contributed by atoms with E-state index in [1.165, 1.54) is 6.39 Å². The zero-order valence-corrected chi connectivity index (χ0v) is 14.3. The van der Waals surface area contributed by atoms with Gasteiger partial charge in [0.1, 0.15) is 0 Å². The van der Waals surface area contributed by atoms with Crippen LogP contribution in [0, 0.1) is 12.8 Å². The zero-order valence-electron chi connectivity index (χ0n) is 13.5. The second-order valence-corrected chi connectivity index (χ2v) is 7.78. The molecule has 0 aliphatic carbocycles. The molecule has 0 saturated carbocycles. The molecule has 0 spiro atoms. The van der Waals surface area contributed by atoms with Crippen molar-refractivity contribution in [1.29, 1.82) is 0 Å². The van der Waals surface area contributed by atoms with E-state index >= 15 is 0 Å². The second-order valence-electron chi connectivity index (χ2n) is 5.94. The lowest BCUT2D eigenvalue weighted by molar-refractivity contribution is 0.0689. The van der Waals surface area contributed by atoms with Crippen LogP contribution in [-0.2, 0) is 23.1 Å². The predicted molar refractivity (Wildman–Crippen MR) is 84.5 cm³/mol. The molecule has 3 heterocycles. The Hall–Kier alpha value is -2.20. The van der Waals surface area contributed by atoms with E-state index in [1.807, 2.05) is 6.07 Å². The summed E-state index contributed by atoms with van der Waals surface area (Å²) in [7, 11) is -3.30. The number of rotatable bonds is 4. The molecular weight excluding hydrogens is 334 g/mol. The number of nitrogens with zero attached hydrogens (tertiary/aromatic N) is 4. The Labute approximate surface area is 139 Å². The van der Waals surface area contributed by atoms with Crippen LogP contribution in [0.4, 0.5) is 0 Å². The number of aromatic nitrogens is 3. The summed E-state index contributed by atoms with van der Waals surface area (Å²) in [6.45, 7) is 3.25. The molecule has 1 unspecified atom stereocenters. The minimum Gasteiger partial charge on any atom is -0.438 e. The van der Waals surface area contributed by atoms with Crippen LogP contribution in [0.1, 0.15) is 21.9 Å². The van der Waals surface area contributed by atoms with E-state index in [-0.39, 0.29) is 24.1 Å². The van der Waals surface area contributed by atoms with Crippen molar-refractivity contribution in [3.63, 3.8) is 0 Å².